The maximum absolute atomic E-state index is 12.9. The van der Waals surface area contributed by atoms with Gasteiger partial charge in [0.05, 0.1) is 0 Å². The smallest absolute Gasteiger partial charge is 0.245 e. The van der Waals surface area contributed by atoms with E-state index in [9.17, 15) is 13.2 Å². The lowest BCUT2D eigenvalue weighted by molar-refractivity contribution is -0.118. The normalized spacial score (nSPS) is 15.4. The Labute approximate surface area is 157 Å². The molecule has 2 heterocycles. The van der Waals surface area contributed by atoms with Crippen LogP contribution < -0.4 is 10.2 Å². The number of carbonyl (C=O) groups is 1. The van der Waals surface area contributed by atoms with Gasteiger partial charge in [0.25, 0.3) is 0 Å². The molecule has 0 saturated carbocycles. The number of nitrogens with one attached hydrogen (secondary N) is 1. The number of sulfone groups is 1. The highest BCUT2D eigenvalue weighted by atomic mass is 32.2. The van der Waals surface area contributed by atoms with Crippen molar-refractivity contribution >= 4 is 37.9 Å². The van der Waals surface area contributed by atoms with Crippen LogP contribution in [0, 0.1) is 0 Å². The second-order valence-corrected chi connectivity index (χ2v) is 9.63. The van der Waals surface area contributed by atoms with Gasteiger partial charge < -0.3 is 10.2 Å². The van der Waals surface area contributed by atoms with Crippen molar-refractivity contribution in [2.75, 3.05) is 23.3 Å². The monoisotopic (exact) mass is 394 g/mol. The van der Waals surface area contributed by atoms with Gasteiger partial charge in [0.1, 0.15) is 5.25 Å². The van der Waals surface area contributed by atoms with Gasteiger partial charge in [0, 0.05) is 18.8 Å². The van der Waals surface area contributed by atoms with Crippen LogP contribution in [0.4, 0.5) is 10.8 Å². The van der Waals surface area contributed by atoms with Crippen molar-refractivity contribution in [3.05, 3.63) is 29.8 Å². The first-order valence-electron chi connectivity index (χ1n) is 8.65. The van der Waals surface area contributed by atoms with Crippen molar-refractivity contribution < 1.29 is 13.2 Å². The second kappa shape index (κ2) is 7.71. The van der Waals surface area contributed by atoms with Gasteiger partial charge in [-0.1, -0.05) is 36.5 Å². The molecule has 1 unspecified atom stereocenters. The molecule has 0 saturated heterocycles. The summed E-state index contributed by atoms with van der Waals surface area (Å²) in [6.45, 7) is 4.64. The molecule has 0 aliphatic carbocycles. The van der Waals surface area contributed by atoms with Crippen molar-refractivity contribution in [1.29, 1.82) is 0 Å². The predicted octanol–water partition coefficient (Wildman–Crippen LogP) is 2.50. The van der Waals surface area contributed by atoms with Crippen molar-refractivity contribution in [1.82, 2.24) is 10.2 Å². The van der Waals surface area contributed by atoms with Crippen molar-refractivity contribution in [2.24, 2.45) is 0 Å². The second-order valence-electron chi connectivity index (χ2n) is 6.21. The molecular weight excluding hydrogens is 372 g/mol. The van der Waals surface area contributed by atoms with Gasteiger partial charge >= 0.3 is 0 Å². The van der Waals surface area contributed by atoms with Crippen LogP contribution in [0.25, 0.3) is 0 Å². The molecule has 26 heavy (non-hydrogen) atoms. The van der Waals surface area contributed by atoms with Crippen LogP contribution in [0.1, 0.15) is 32.3 Å². The number of hydrogen-bond donors (Lipinski definition) is 1. The summed E-state index contributed by atoms with van der Waals surface area (Å²) in [6.07, 6.45) is 2.61. The minimum atomic E-state index is -3.88. The van der Waals surface area contributed by atoms with Crippen LogP contribution in [0.15, 0.2) is 28.6 Å². The van der Waals surface area contributed by atoms with Crippen molar-refractivity contribution in [3.8, 4) is 0 Å². The average molecular weight is 395 g/mol. The van der Waals surface area contributed by atoms with Crippen LogP contribution >= 0.6 is 11.3 Å². The number of hydrogen-bond acceptors (Lipinski definition) is 7. The predicted molar refractivity (Wildman–Crippen MR) is 102 cm³/mol. The molecule has 1 atom stereocenters. The van der Waals surface area contributed by atoms with Crippen molar-refractivity contribution in [2.45, 2.75) is 42.7 Å². The van der Waals surface area contributed by atoms with E-state index in [0.717, 1.165) is 41.9 Å². The molecule has 1 aromatic carbocycles. The molecule has 0 spiro atoms. The van der Waals surface area contributed by atoms with E-state index in [4.69, 9.17) is 0 Å². The Morgan fingerprint density at radius 2 is 2.12 bits per heavy atom. The average Bonchev–Trinajstić information content (AvgIpc) is 3.14. The largest absolute Gasteiger partial charge is 0.360 e. The van der Waals surface area contributed by atoms with Gasteiger partial charge in [0.15, 0.2) is 0 Å². The number of carbonyl (C=O) groups excluding carboxylic acids is 1. The van der Waals surface area contributed by atoms with E-state index in [1.165, 1.54) is 6.92 Å². The quantitative estimate of drug-likeness (QED) is 0.809. The summed E-state index contributed by atoms with van der Waals surface area (Å²) in [4.78, 5) is 14.5. The summed E-state index contributed by atoms with van der Waals surface area (Å²) < 4.78 is 25.6. The van der Waals surface area contributed by atoms with Crippen molar-refractivity contribution in [3.63, 3.8) is 0 Å². The summed E-state index contributed by atoms with van der Waals surface area (Å²) in [6, 6.07) is 7.63. The highest BCUT2D eigenvalue weighted by Gasteiger charge is 2.37. The molecule has 1 aromatic heterocycles. The molecule has 1 aliphatic rings. The number of benzene rings is 1. The van der Waals surface area contributed by atoms with E-state index in [1.807, 2.05) is 31.2 Å². The standard InChI is InChI=1S/C17H22N4O3S2/c1-3-10-18-16-19-20-17(25-16)26(23,24)12(2)15(22)21-11-6-8-13-7-4-5-9-14(13)21/h4-5,7,9,12H,3,6,8,10-11H2,1-2H3,(H,18,19). The SMILES string of the molecule is CCCNc1nnc(S(=O)(=O)C(C)C(=O)N2CCCc3ccccc32)s1. The number of fused-ring (bicyclic) bond motifs is 1. The summed E-state index contributed by atoms with van der Waals surface area (Å²) in [5.74, 6) is -0.421. The van der Waals surface area contributed by atoms with Crippen LogP contribution in [-0.4, -0.2) is 42.9 Å². The van der Waals surface area contributed by atoms with E-state index in [0.29, 0.717) is 18.2 Å². The minimum Gasteiger partial charge on any atom is -0.360 e. The number of nitrogens with zero attached hydrogens (tertiary/aromatic N) is 3. The van der Waals surface area contributed by atoms with Gasteiger partial charge in [-0.15, -0.1) is 10.2 Å². The molecule has 7 nitrogen and oxygen atoms in total. The highest BCUT2D eigenvalue weighted by molar-refractivity contribution is 7.94. The van der Waals surface area contributed by atoms with E-state index >= 15 is 0 Å². The maximum Gasteiger partial charge on any atom is 0.245 e. The Bertz CT molecular complexity index is 895. The summed E-state index contributed by atoms with van der Waals surface area (Å²) in [7, 11) is -3.88. The Kier molecular flexibility index (Phi) is 5.57. The molecule has 2 aromatic rings. The Morgan fingerprint density at radius 1 is 1.35 bits per heavy atom. The lowest BCUT2D eigenvalue weighted by atomic mass is 10.0. The zero-order chi connectivity index (χ0) is 18.7. The molecule has 0 fully saturated rings. The van der Waals surface area contributed by atoms with E-state index in [-0.39, 0.29) is 4.34 Å². The molecule has 9 heteroatoms. The summed E-state index contributed by atoms with van der Waals surface area (Å²) in [5.41, 5.74) is 1.87. The molecule has 1 amide bonds. The topological polar surface area (TPSA) is 92.3 Å². The Balaban J connectivity index is 1.83. The first-order chi connectivity index (χ1) is 12.4. The number of amides is 1. The molecule has 3 rings (SSSR count). The first-order valence-corrected chi connectivity index (χ1v) is 11.0. The van der Waals surface area contributed by atoms with Crippen LogP contribution in [0.5, 0.6) is 0 Å². The number of aromatic nitrogens is 2. The van der Waals surface area contributed by atoms with Gasteiger partial charge in [-0.3, -0.25) is 4.79 Å². The molecule has 0 bridgehead atoms. The zero-order valence-electron chi connectivity index (χ0n) is 14.8. The van der Waals surface area contributed by atoms with Gasteiger partial charge in [-0.2, -0.15) is 0 Å². The summed E-state index contributed by atoms with van der Waals surface area (Å²) >= 11 is 0.966. The molecule has 1 aliphatic heterocycles. The first kappa shape index (κ1) is 18.8. The zero-order valence-corrected chi connectivity index (χ0v) is 16.4. The fourth-order valence-electron chi connectivity index (χ4n) is 2.89. The van der Waals surface area contributed by atoms with Crippen LogP contribution in [-0.2, 0) is 21.1 Å². The fourth-order valence-corrected chi connectivity index (χ4v) is 5.38. The Morgan fingerprint density at radius 3 is 2.88 bits per heavy atom. The summed E-state index contributed by atoms with van der Waals surface area (Å²) in [5, 5.41) is 9.91. The fraction of sp³-hybridized carbons (Fsp3) is 0.471. The maximum atomic E-state index is 12.9. The molecule has 0 radical (unpaired) electrons. The van der Waals surface area contributed by atoms with Gasteiger partial charge in [-0.25, -0.2) is 8.42 Å². The minimum absolute atomic E-state index is 0.123. The molecule has 1 N–H and O–H groups in total. The van der Waals surface area contributed by atoms with Crippen LogP contribution in [0.2, 0.25) is 0 Å². The highest BCUT2D eigenvalue weighted by Crippen LogP contribution is 2.30. The number of para-hydroxylation sites is 1. The van der Waals surface area contributed by atoms with E-state index < -0.39 is 21.0 Å². The third kappa shape index (κ3) is 3.59. The molecular formula is C17H22N4O3S2. The Hall–Kier alpha value is -2.00. The lowest BCUT2D eigenvalue weighted by Gasteiger charge is -2.31. The van der Waals surface area contributed by atoms with Gasteiger partial charge in [0.2, 0.25) is 25.2 Å². The third-order valence-electron chi connectivity index (χ3n) is 4.37. The van der Waals surface area contributed by atoms with E-state index in [2.05, 4.69) is 15.5 Å². The number of rotatable bonds is 6. The van der Waals surface area contributed by atoms with Crippen LogP contribution in [0.3, 0.4) is 0 Å². The lowest BCUT2D eigenvalue weighted by Crippen LogP contribution is -2.44. The third-order valence-corrected chi connectivity index (χ3v) is 7.69. The number of anilines is 2. The molecule has 140 valence electrons. The number of aryl methyl sites for hydroxylation is 1. The van der Waals surface area contributed by atoms with E-state index in [1.54, 1.807) is 4.90 Å². The van der Waals surface area contributed by atoms with Gasteiger partial charge in [-0.05, 0) is 37.8 Å².